The highest BCUT2D eigenvalue weighted by atomic mass is 16.6. The van der Waals surface area contributed by atoms with Crippen LogP contribution in [0.3, 0.4) is 0 Å². The second-order valence-corrected chi connectivity index (χ2v) is 5.05. The van der Waals surface area contributed by atoms with Gasteiger partial charge in [0.25, 0.3) is 0 Å². The Kier molecular flexibility index (Phi) is 4.15. The molecule has 1 fully saturated rings. The van der Waals surface area contributed by atoms with Crippen LogP contribution in [0.25, 0.3) is 0 Å². The summed E-state index contributed by atoms with van der Waals surface area (Å²) in [5, 5.41) is 3.14. The van der Waals surface area contributed by atoms with Crippen molar-refractivity contribution in [1.29, 1.82) is 0 Å². The summed E-state index contributed by atoms with van der Waals surface area (Å²) in [7, 11) is 3.53. The fourth-order valence-electron chi connectivity index (χ4n) is 1.77. The van der Waals surface area contributed by atoms with Crippen molar-refractivity contribution in [3.05, 3.63) is 0 Å². The van der Waals surface area contributed by atoms with Crippen molar-refractivity contribution < 1.29 is 14.3 Å². The van der Waals surface area contributed by atoms with E-state index in [1.54, 1.807) is 12.0 Å². The van der Waals surface area contributed by atoms with Crippen LogP contribution in [0.5, 0.6) is 0 Å². The van der Waals surface area contributed by atoms with Crippen molar-refractivity contribution >= 4 is 6.09 Å². The molecular weight excluding hydrogens is 208 g/mol. The van der Waals surface area contributed by atoms with E-state index < -0.39 is 5.60 Å². The van der Waals surface area contributed by atoms with Crippen LogP contribution < -0.4 is 5.32 Å². The van der Waals surface area contributed by atoms with Crippen LogP contribution in [0.2, 0.25) is 0 Å². The number of rotatable bonds is 2. The van der Waals surface area contributed by atoms with Gasteiger partial charge in [-0.3, -0.25) is 0 Å². The molecule has 5 heteroatoms. The molecule has 1 N–H and O–H groups in total. The van der Waals surface area contributed by atoms with Crippen molar-refractivity contribution in [2.24, 2.45) is 0 Å². The highest BCUT2D eigenvalue weighted by molar-refractivity contribution is 5.68. The van der Waals surface area contributed by atoms with Crippen LogP contribution in [0, 0.1) is 0 Å². The van der Waals surface area contributed by atoms with Crippen LogP contribution in [-0.2, 0) is 9.47 Å². The number of carbonyl (C=O) groups excluding carboxylic acids is 1. The van der Waals surface area contributed by atoms with Crippen LogP contribution >= 0.6 is 0 Å². The molecule has 0 radical (unpaired) electrons. The van der Waals surface area contributed by atoms with E-state index in [-0.39, 0.29) is 18.2 Å². The molecule has 1 aliphatic heterocycles. The summed E-state index contributed by atoms with van der Waals surface area (Å²) >= 11 is 0. The molecule has 0 saturated carbocycles. The second-order valence-electron chi connectivity index (χ2n) is 5.05. The van der Waals surface area contributed by atoms with Crippen molar-refractivity contribution in [2.75, 3.05) is 27.2 Å². The molecule has 1 heterocycles. The first-order valence-electron chi connectivity index (χ1n) is 5.55. The van der Waals surface area contributed by atoms with E-state index in [4.69, 9.17) is 9.47 Å². The molecule has 16 heavy (non-hydrogen) atoms. The molecule has 0 aromatic rings. The Morgan fingerprint density at radius 3 is 2.38 bits per heavy atom. The number of carbonyl (C=O) groups is 1. The van der Waals surface area contributed by atoms with Crippen molar-refractivity contribution in [1.82, 2.24) is 10.2 Å². The number of hydrogen-bond donors (Lipinski definition) is 1. The summed E-state index contributed by atoms with van der Waals surface area (Å²) < 4.78 is 10.6. The molecule has 1 aliphatic rings. The Morgan fingerprint density at radius 1 is 1.38 bits per heavy atom. The predicted octanol–water partition coefficient (Wildman–Crippen LogP) is 0.840. The van der Waals surface area contributed by atoms with Crippen LogP contribution in [-0.4, -0.2) is 56.0 Å². The monoisotopic (exact) mass is 230 g/mol. The zero-order valence-corrected chi connectivity index (χ0v) is 10.7. The van der Waals surface area contributed by atoms with Gasteiger partial charge < -0.3 is 19.7 Å². The standard InChI is InChI=1S/C11H22N2O3/c1-11(2,3)16-10(14)13-6-8(12-4)9(7-13)15-5/h8-9,12H,6-7H2,1-5H3/t8-,9+/m0/s1. The molecule has 0 aromatic carbocycles. The highest BCUT2D eigenvalue weighted by Crippen LogP contribution is 2.17. The predicted molar refractivity (Wildman–Crippen MR) is 61.5 cm³/mol. The lowest BCUT2D eigenvalue weighted by Gasteiger charge is -2.24. The summed E-state index contributed by atoms with van der Waals surface area (Å²) in [5.41, 5.74) is -0.447. The van der Waals surface area contributed by atoms with Gasteiger partial charge in [0.2, 0.25) is 0 Å². The lowest BCUT2D eigenvalue weighted by Crippen LogP contribution is -2.38. The summed E-state index contributed by atoms with van der Waals surface area (Å²) in [5.74, 6) is 0. The maximum Gasteiger partial charge on any atom is 0.410 e. The molecule has 2 atom stereocenters. The lowest BCUT2D eigenvalue weighted by atomic mass is 10.2. The van der Waals surface area contributed by atoms with Crippen molar-refractivity contribution in [3.8, 4) is 0 Å². The van der Waals surface area contributed by atoms with E-state index in [9.17, 15) is 4.79 Å². The van der Waals surface area contributed by atoms with E-state index >= 15 is 0 Å². The maximum absolute atomic E-state index is 11.8. The minimum absolute atomic E-state index is 0.0394. The Bertz CT molecular complexity index is 238. The van der Waals surface area contributed by atoms with Gasteiger partial charge in [0.1, 0.15) is 5.60 Å². The van der Waals surface area contributed by atoms with Gasteiger partial charge >= 0.3 is 6.09 Å². The van der Waals surface area contributed by atoms with Gasteiger partial charge in [-0.2, -0.15) is 0 Å². The smallest absolute Gasteiger partial charge is 0.410 e. The molecule has 5 nitrogen and oxygen atoms in total. The van der Waals surface area contributed by atoms with Gasteiger partial charge in [-0.15, -0.1) is 0 Å². The quantitative estimate of drug-likeness (QED) is 0.763. The lowest BCUT2D eigenvalue weighted by molar-refractivity contribution is 0.0252. The normalized spacial score (nSPS) is 25.9. The second kappa shape index (κ2) is 5.01. The zero-order valence-electron chi connectivity index (χ0n) is 10.7. The fraction of sp³-hybridized carbons (Fsp3) is 0.909. The number of methoxy groups -OCH3 is 1. The minimum atomic E-state index is -0.447. The van der Waals surface area contributed by atoms with E-state index in [1.165, 1.54) is 0 Å². The maximum atomic E-state index is 11.8. The Labute approximate surface area is 97.1 Å². The van der Waals surface area contributed by atoms with Crippen molar-refractivity contribution in [3.63, 3.8) is 0 Å². The molecule has 1 saturated heterocycles. The van der Waals surface area contributed by atoms with Crippen LogP contribution in [0.4, 0.5) is 4.79 Å². The summed E-state index contributed by atoms with van der Waals surface area (Å²) in [6.07, 6.45) is -0.232. The molecule has 94 valence electrons. The Hall–Kier alpha value is -0.810. The topological polar surface area (TPSA) is 50.8 Å². The number of hydrogen-bond acceptors (Lipinski definition) is 4. The van der Waals surface area contributed by atoms with E-state index in [2.05, 4.69) is 5.32 Å². The summed E-state index contributed by atoms with van der Waals surface area (Å²) in [6, 6.07) is 0.178. The third kappa shape index (κ3) is 3.35. The third-order valence-corrected chi connectivity index (χ3v) is 2.59. The number of nitrogens with zero attached hydrogens (tertiary/aromatic N) is 1. The SMILES string of the molecule is CN[C@H]1CN(C(=O)OC(C)(C)C)C[C@H]1OC. The summed E-state index contributed by atoms with van der Waals surface area (Å²) in [6.45, 7) is 6.81. The number of likely N-dealkylation sites (N-methyl/N-ethyl adjacent to an activating group) is 1. The van der Waals surface area contributed by atoms with Crippen molar-refractivity contribution in [2.45, 2.75) is 38.5 Å². The average Bonchev–Trinajstić information content (AvgIpc) is 2.57. The number of ether oxygens (including phenoxy) is 2. The molecule has 0 unspecified atom stereocenters. The first kappa shape index (κ1) is 13.3. The first-order valence-corrected chi connectivity index (χ1v) is 5.55. The average molecular weight is 230 g/mol. The third-order valence-electron chi connectivity index (χ3n) is 2.59. The zero-order chi connectivity index (χ0) is 12.3. The molecule has 0 aliphatic carbocycles. The van der Waals surface area contributed by atoms with Crippen LogP contribution in [0.1, 0.15) is 20.8 Å². The van der Waals surface area contributed by atoms with E-state index in [0.29, 0.717) is 13.1 Å². The molecule has 0 spiro atoms. The first-order chi connectivity index (χ1) is 7.37. The van der Waals surface area contributed by atoms with E-state index in [0.717, 1.165) is 0 Å². The van der Waals surface area contributed by atoms with Crippen LogP contribution in [0.15, 0.2) is 0 Å². The Morgan fingerprint density at radius 2 is 2.00 bits per heavy atom. The molecule has 0 bridgehead atoms. The minimum Gasteiger partial charge on any atom is -0.444 e. The van der Waals surface area contributed by atoms with Gasteiger partial charge in [0.15, 0.2) is 0 Å². The van der Waals surface area contributed by atoms with Gasteiger partial charge in [-0.05, 0) is 27.8 Å². The van der Waals surface area contributed by atoms with E-state index in [1.807, 2.05) is 27.8 Å². The highest BCUT2D eigenvalue weighted by Gasteiger charge is 2.36. The molecule has 1 amide bonds. The summed E-state index contributed by atoms with van der Waals surface area (Å²) in [4.78, 5) is 13.5. The van der Waals surface area contributed by atoms with Gasteiger partial charge in [0.05, 0.1) is 18.7 Å². The van der Waals surface area contributed by atoms with Gasteiger partial charge in [-0.1, -0.05) is 0 Å². The van der Waals surface area contributed by atoms with Gasteiger partial charge in [-0.25, -0.2) is 4.79 Å². The fourth-order valence-corrected chi connectivity index (χ4v) is 1.77. The number of amides is 1. The number of likely N-dealkylation sites (tertiary alicyclic amines) is 1. The largest absolute Gasteiger partial charge is 0.444 e. The Balaban J connectivity index is 2.54. The number of nitrogens with one attached hydrogen (secondary N) is 1. The molecule has 0 aromatic heterocycles. The van der Waals surface area contributed by atoms with Gasteiger partial charge in [0, 0.05) is 13.7 Å². The molecular formula is C11H22N2O3. The molecule has 1 rings (SSSR count).